The molecule has 0 atom stereocenters. The van der Waals surface area contributed by atoms with Gasteiger partial charge in [-0.05, 0) is 82.8 Å². The predicted molar refractivity (Wildman–Crippen MR) is 234 cm³/mol. The molecule has 0 spiro atoms. The Morgan fingerprint density at radius 1 is 0.536 bits per heavy atom. The maximum atomic E-state index is 5.52. The molecule has 56 heavy (non-hydrogen) atoms. The highest BCUT2D eigenvalue weighted by Gasteiger charge is 2.35. The lowest BCUT2D eigenvalue weighted by atomic mass is 9.82. The van der Waals surface area contributed by atoms with Crippen LogP contribution in [0.3, 0.4) is 0 Å². The number of nitrogens with zero attached hydrogens (tertiary/aromatic N) is 4. The van der Waals surface area contributed by atoms with Crippen molar-refractivity contribution in [1.29, 1.82) is 0 Å². The molecule has 0 radical (unpaired) electrons. The van der Waals surface area contributed by atoms with Gasteiger partial charge in [0.15, 0.2) is 0 Å². The number of rotatable bonds is 5. The number of aryl methyl sites for hydroxylation is 1. The molecule has 4 heteroatoms. The highest BCUT2D eigenvalue weighted by Crippen LogP contribution is 2.50. The first-order valence-corrected chi connectivity index (χ1v) is 19.3. The number of hydrogen-bond acceptors (Lipinski definition) is 2. The van der Waals surface area contributed by atoms with Crippen molar-refractivity contribution in [1.82, 2.24) is 19.1 Å². The van der Waals surface area contributed by atoms with Gasteiger partial charge >= 0.3 is 0 Å². The molecule has 0 N–H and O–H groups in total. The van der Waals surface area contributed by atoms with Crippen molar-refractivity contribution in [3.8, 4) is 45.3 Å². The average Bonchev–Trinajstić information content (AvgIpc) is 3.81. The Bertz CT molecular complexity index is 3250. The molecule has 10 aromatic rings. The average molecular weight is 719 g/mol. The minimum atomic E-state index is -0.122. The van der Waals surface area contributed by atoms with Crippen LogP contribution in [-0.2, 0) is 5.41 Å². The van der Waals surface area contributed by atoms with E-state index in [2.05, 4.69) is 194 Å². The highest BCUT2D eigenvalue weighted by atomic mass is 15.2. The molecule has 1 aliphatic carbocycles. The van der Waals surface area contributed by atoms with Gasteiger partial charge in [-0.15, -0.1) is 0 Å². The van der Waals surface area contributed by atoms with Gasteiger partial charge in [0.1, 0.15) is 0 Å². The van der Waals surface area contributed by atoms with E-state index in [0.29, 0.717) is 5.95 Å². The summed E-state index contributed by atoms with van der Waals surface area (Å²) in [4.78, 5) is 10.8. The molecular weight excluding hydrogens is 681 g/mol. The number of fused-ring (bicyclic) bond motifs is 8. The van der Waals surface area contributed by atoms with Crippen LogP contribution in [0.5, 0.6) is 0 Å². The molecule has 1 aliphatic rings. The number of para-hydroxylation sites is 3. The quantitative estimate of drug-likeness (QED) is 0.178. The smallest absolute Gasteiger partial charge is 0.235 e. The van der Waals surface area contributed by atoms with Crippen LogP contribution >= 0.6 is 0 Å². The lowest BCUT2D eigenvalue weighted by molar-refractivity contribution is 0.660. The Balaban J connectivity index is 1.21. The van der Waals surface area contributed by atoms with Crippen LogP contribution in [0.1, 0.15) is 36.1 Å². The highest BCUT2D eigenvalue weighted by molar-refractivity contribution is 6.15. The second kappa shape index (κ2) is 12.0. The summed E-state index contributed by atoms with van der Waals surface area (Å²) in [5, 5.41) is 4.58. The van der Waals surface area contributed by atoms with Gasteiger partial charge in [-0.2, -0.15) is 0 Å². The van der Waals surface area contributed by atoms with Gasteiger partial charge in [-0.1, -0.05) is 142 Å². The topological polar surface area (TPSA) is 35.6 Å². The van der Waals surface area contributed by atoms with Gasteiger partial charge in [0.2, 0.25) is 5.95 Å². The first-order chi connectivity index (χ1) is 27.4. The minimum Gasteiger partial charge on any atom is -0.309 e. The lowest BCUT2D eigenvalue weighted by Crippen LogP contribution is -2.15. The Labute approximate surface area is 325 Å². The van der Waals surface area contributed by atoms with Crippen LogP contribution in [0.15, 0.2) is 164 Å². The van der Waals surface area contributed by atoms with Crippen LogP contribution in [0, 0.1) is 6.92 Å². The fourth-order valence-corrected chi connectivity index (χ4v) is 9.41. The van der Waals surface area contributed by atoms with E-state index in [9.17, 15) is 0 Å². The van der Waals surface area contributed by atoms with Gasteiger partial charge in [-0.3, -0.25) is 4.57 Å². The standard InChI is InChI=1S/C52H38N4/c1-5-33-17-9-10-20-36(33)50-32(2)41-30-42-39-22-13-16-26-46(39)56(48(42)31-47(41)55(50)35-18-7-6-8-19-35)51-53-45-25-15-12-23-40(45)49(54-51)34-27-28-38-37-21-11-14-24-43(37)52(3,4)44(38)29-34/h5-31H,1H2,2-4H3. The molecule has 3 aromatic heterocycles. The second-order valence-electron chi connectivity index (χ2n) is 15.5. The lowest BCUT2D eigenvalue weighted by Gasteiger charge is -2.22. The number of benzene rings is 7. The molecule has 0 saturated carbocycles. The Morgan fingerprint density at radius 3 is 2.05 bits per heavy atom. The third-order valence-corrected chi connectivity index (χ3v) is 12.1. The van der Waals surface area contributed by atoms with Crippen molar-refractivity contribution >= 4 is 49.7 Å². The zero-order valence-corrected chi connectivity index (χ0v) is 31.6. The van der Waals surface area contributed by atoms with Gasteiger partial charge in [0.05, 0.1) is 33.5 Å². The van der Waals surface area contributed by atoms with Gasteiger partial charge in [0.25, 0.3) is 0 Å². The third kappa shape index (κ3) is 4.53. The van der Waals surface area contributed by atoms with Crippen molar-refractivity contribution < 1.29 is 0 Å². The van der Waals surface area contributed by atoms with Crippen LogP contribution in [0.2, 0.25) is 0 Å². The van der Waals surface area contributed by atoms with E-state index >= 15 is 0 Å². The summed E-state index contributed by atoms with van der Waals surface area (Å²) in [5.41, 5.74) is 17.1. The van der Waals surface area contributed by atoms with Gasteiger partial charge in [-0.25, -0.2) is 9.97 Å². The number of hydrogen-bond donors (Lipinski definition) is 0. The largest absolute Gasteiger partial charge is 0.309 e. The summed E-state index contributed by atoms with van der Waals surface area (Å²) >= 11 is 0. The molecule has 3 heterocycles. The number of aromatic nitrogens is 4. The molecule has 0 bridgehead atoms. The van der Waals surface area contributed by atoms with Crippen molar-refractivity contribution in [2.75, 3.05) is 0 Å². The summed E-state index contributed by atoms with van der Waals surface area (Å²) < 4.78 is 4.67. The van der Waals surface area contributed by atoms with E-state index in [1.807, 2.05) is 6.08 Å². The van der Waals surface area contributed by atoms with Crippen molar-refractivity contribution in [2.24, 2.45) is 0 Å². The zero-order chi connectivity index (χ0) is 37.7. The Kier molecular flexibility index (Phi) is 6.93. The van der Waals surface area contributed by atoms with E-state index in [1.54, 1.807) is 0 Å². The maximum Gasteiger partial charge on any atom is 0.235 e. The zero-order valence-electron chi connectivity index (χ0n) is 31.6. The van der Waals surface area contributed by atoms with E-state index in [0.717, 1.165) is 61.2 Å². The van der Waals surface area contributed by atoms with Gasteiger partial charge in [0, 0.05) is 43.8 Å². The maximum absolute atomic E-state index is 5.52. The Morgan fingerprint density at radius 2 is 1.21 bits per heavy atom. The SMILES string of the molecule is C=Cc1ccccc1-c1c(C)c2cc3c4ccccc4n(-c4nc(-c5ccc6c(c5)C(C)(C)c5ccccc5-6)c5ccccc5n4)c3cc2n1-c1ccccc1. The summed E-state index contributed by atoms with van der Waals surface area (Å²) in [5.74, 6) is 0.652. The molecule has 266 valence electrons. The summed E-state index contributed by atoms with van der Waals surface area (Å²) in [6.07, 6.45) is 1.95. The monoisotopic (exact) mass is 718 g/mol. The van der Waals surface area contributed by atoms with E-state index in [-0.39, 0.29) is 5.41 Å². The molecule has 0 fully saturated rings. The molecule has 0 amide bonds. The van der Waals surface area contributed by atoms with Crippen LogP contribution in [0.4, 0.5) is 0 Å². The Hall–Kier alpha value is -7.04. The fourth-order valence-electron chi connectivity index (χ4n) is 9.41. The van der Waals surface area contributed by atoms with Crippen LogP contribution in [0.25, 0.3) is 95.0 Å². The van der Waals surface area contributed by atoms with Gasteiger partial charge < -0.3 is 4.57 Å². The van der Waals surface area contributed by atoms with Crippen molar-refractivity contribution in [3.05, 3.63) is 187 Å². The van der Waals surface area contributed by atoms with E-state index in [4.69, 9.17) is 9.97 Å². The van der Waals surface area contributed by atoms with Crippen LogP contribution < -0.4 is 0 Å². The molecular formula is C52H38N4. The van der Waals surface area contributed by atoms with Crippen molar-refractivity contribution in [2.45, 2.75) is 26.2 Å². The normalized spacial score (nSPS) is 13.1. The van der Waals surface area contributed by atoms with E-state index < -0.39 is 0 Å². The molecule has 0 saturated heterocycles. The summed E-state index contributed by atoms with van der Waals surface area (Å²) in [6.45, 7) is 11.1. The van der Waals surface area contributed by atoms with Crippen molar-refractivity contribution in [3.63, 3.8) is 0 Å². The third-order valence-electron chi connectivity index (χ3n) is 12.1. The molecule has 0 aliphatic heterocycles. The van der Waals surface area contributed by atoms with E-state index in [1.165, 1.54) is 44.0 Å². The fraction of sp³-hybridized carbons (Fsp3) is 0.0769. The molecule has 7 aromatic carbocycles. The minimum absolute atomic E-state index is 0.122. The predicted octanol–water partition coefficient (Wildman–Crippen LogP) is 13.3. The summed E-state index contributed by atoms with van der Waals surface area (Å²) in [7, 11) is 0. The molecule has 0 unspecified atom stereocenters. The molecule has 11 rings (SSSR count). The second-order valence-corrected chi connectivity index (χ2v) is 15.5. The van der Waals surface area contributed by atoms with Crippen LogP contribution in [-0.4, -0.2) is 19.1 Å². The first kappa shape index (κ1) is 32.4. The molecule has 4 nitrogen and oxygen atoms in total. The first-order valence-electron chi connectivity index (χ1n) is 19.3. The summed E-state index contributed by atoms with van der Waals surface area (Å²) in [6, 6.07) is 56.7.